The van der Waals surface area contributed by atoms with E-state index in [2.05, 4.69) is 10.3 Å². The molecule has 0 unspecified atom stereocenters. The molecule has 2 amide bonds. The van der Waals surface area contributed by atoms with Gasteiger partial charge in [-0.15, -0.1) is 0 Å². The SMILES string of the molecule is CCOc1ccc(NC(=O)[C@]2(C)Oc3cccnc3N(C(C)C)C2=O)cc1. The molecular formula is C20H23N3O4. The first-order chi connectivity index (χ1) is 12.9. The Morgan fingerprint density at radius 3 is 2.63 bits per heavy atom. The molecule has 0 bridgehead atoms. The summed E-state index contributed by atoms with van der Waals surface area (Å²) in [5.41, 5.74) is -1.15. The van der Waals surface area contributed by atoms with Crippen molar-refractivity contribution in [1.29, 1.82) is 0 Å². The van der Waals surface area contributed by atoms with E-state index in [0.717, 1.165) is 0 Å². The van der Waals surface area contributed by atoms with Gasteiger partial charge in [-0.25, -0.2) is 4.98 Å². The summed E-state index contributed by atoms with van der Waals surface area (Å²) in [4.78, 5) is 31.8. The van der Waals surface area contributed by atoms with Crippen LogP contribution in [0, 0.1) is 0 Å². The van der Waals surface area contributed by atoms with E-state index in [9.17, 15) is 9.59 Å². The van der Waals surface area contributed by atoms with E-state index in [1.165, 1.54) is 11.8 Å². The standard InChI is InChI=1S/C20H23N3O4/c1-5-26-15-10-8-14(9-11-15)22-18(24)20(4)19(25)23(13(2)3)17-16(27-20)7-6-12-21-17/h6-13H,5H2,1-4H3,(H,22,24)/t20-/m0/s1. The second-order valence-corrected chi connectivity index (χ2v) is 6.64. The molecule has 0 aliphatic carbocycles. The Kier molecular flexibility index (Phi) is 5.03. The maximum Gasteiger partial charge on any atom is 0.282 e. The molecule has 7 heteroatoms. The number of ether oxygens (including phenoxy) is 2. The van der Waals surface area contributed by atoms with Gasteiger partial charge in [0.2, 0.25) is 0 Å². The van der Waals surface area contributed by atoms with Gasteiger partial charge in [-0.05, 0) is 64.1 Å². The molecule has 0 saturated heterocycles. The molecule has 3 rings (SSSR count). The molecule has 7 nitrogen and oxygen atoms in total. The van der Waals surface area contributed by atoms with Crippen molar-refractivity contribution < 1.29 is 19.1 Å². The van der Waals surface area contributed by atoms with Crippen molar-refractivity contribution in [3.05, 3.63) is 42.6 Å². The molecule has 2 heterocycles. The van der Waals surface area contributed by atoms with Crippen LogP contribution in [0.4, 0.5) is 11.5 Å². The van der Waals surface area contributed by atoms with Crippen LogP contribution >= 0.6 is 0 Å². The quantitative estimate of drug-likeness (QED) is 0.820. The van der Waals surface area contributed by atoms with Crippen molar-refractivity contribution in [2.45, 2.75) is 39.3 Å². The summed E-state index contributed by atoms with van der Waals surface area (Å²) in [5.74, 6) is 0.528. The molecule has 142 valence electrons. The maximum atomic E-state index is 13.1. The highest BCUT2D eigenvalue weighted by Crippen LogP contribution is 2.37. The summed E-state index contributed by atoms with van der Waals surface area (Å²) in [6.45, 7) is 7.67. The lowest BCUT2D eigenvalue weighted by molar-refractivity contribution is -0.145. The first-order valence-corrected chi connectivity index (χ1v) is 8.89. The number of hydrogen-bond donors (Lipinski definition) is 1. The summed E-state index contributed by atoms with van der Waals surface area (Å²) in [7, 11) is 0. The zero-order valence-corrected chi connectivity index (χ0v) is 15.9. The van der Waals surface area contributed by atoms with Crippen molar-refractivity contribution in [2.75, 3.05) is 16.8 Å². The van der Waals surface area contributed by atoms with Crippen LogP contribution in [0.15, 0.2) is 42.6 Å². The fourth-order valence-corrected chi connectivity index (χ4v) is 2.91. The van der Waals surface area contributed by atoms with E-state index in [-0.39, 0.29) is 6.04 Å². The Morgan fingerprint density at radius 2 is 2.00 bits per heavy atom. The number of anilines is 2. The van der Waals surface area contributed by atoms with Crippen molar-refractivity contribution in [3.8, 4) is 11.5 Å². The van der Waals surface area contributed by atoms with Crippen LogP contribution in [0.25, 0.3) is 0 Å². The Hall–Kier alpha value is -3.09. The number of amides is 2. The van der Waals surface area contributed by atoms with Crippen LogP contribution in [-0.2, 0) is 9.59 Å². The van der Waals surface area contributed by atoms with Crippen LogP contribution in [0.3, 0.4) is 0 Å². The van der Waals surface area contributed by atoms with Crippen molar-refractivity contribution in [1.82, 2.24) is 4.98 Å². The molecule has 0 fully saturated rings. The number of rotatable bonds is 5. The average Bonchev–Trinajstić information content (AvgIpc) is 2.64. The van der Waals surface area contributed by atoms with Crippen LogP contribution in [0.5, 0.6) is 11.5 Å². The number of fused-ring (bicyclic) bond motifs is 1. The zero-order chi connectivity index (χ0) is 19.6. The van der Waals surface area contributed by atoms with Crippen LogP contribution in [0.1, 0.15) is 27.7 Å². The molecule has 1 aliphatic rings. The van der Waals surface area contributed by atoms with Crippen LogP contribution in [-0.4, -0.2) is 35.0 Å². The lowest BCUT2D eigenvalue weighted by Gasteiger charge is -2.40. The van der Waals surface area contributed by atoms with Gasteiger partial charge in [-0.2, -0.15) is 0 Å². The van der Waals surface area contributed by atoms with Gasteiger partial charge in [0, 0.05) is 17.9 Å². The molecule has 1 aromatic heterocycles. The second kappa shape index (κ2) is 7.26. The van der Waals surface area contributed by atoms with Crippen LogP contribution < -0.4 is 19.7 Å². The molecule has 2 aromatic rings. The van der Waals surface area contributed by atoms with Crippen molar-refractivity contribution >= 4 is 23.3 Å². The smallest absolute Gasteiger partial charge is 0.282 e. The van der Waals surface area contributed by atoms with E-state index in [1.807, 2.05) is 20.8 Å². The molecule has 1 aromatic carbocycles. The molecule has 1 atom stereocenters. The number of nitrogens with one attached hydrogen (secondary N) is 1. The molecule has 1 aliphatic heterocycles. The number of hydrogen-bond acceptors (Lipinski definition) is 5. The second-order valence-electron chi connectivity index (χ2n) is 6.64. The third-order valence-corrected chi connectivity index (χ3v) is 4.29. The van der Waals surface area contributed by atoms with Gasteiger partial charge < -0.3 is 14.8 Å². The summed E-state index contributed by atoms with van der Waals surface area (Å²) in [6.07, 6.45) is 1.59. The maximum absolute atomic E-state index is 13.1. The highest BCUT2D eigenvalue weighted by Gasteiger charge is 2.51. The summed E-state index contributed by atoms with van der Waals surface area (Å²) < 4.78 is 11.2. The van der Waals surface area contributed by atoms with E-state index in [1.54, 1.807) is 42.6 Å². The Labute approximate surface area is 158 Å². The molecule has 1 N–H and O–H groups in total. The third kappa shape index (κ3) is 3.45. The number of nitrogens with zero attached hydrogens (tertiary/aromatic N) is 2. The van der Waals surface area contributed by atoms with Gasteiger partial charge in [0.1, 0.15) is 5.75 Å². The van der Waals surface area contributed by atoms with Gasteiger partial charge >= 0.3 is 0 Å². The number of carbonyl (C=O) groups is 2. The van der Waals surface area contributed by atoms with Gasteiger partial charge in [-0.3, -0.25) is 14.5 Å². The van der Waals surface area contributed by atoms with E-state index in [4.69, 9.17) is 9.47 Å². The first-order valence-electron chi connectivity index (χ1n) is 8.89. The zero-order valence-electron chi connectivity index (χ0n) is 15.9. The Morgan fingerprint density at radius 1 is 1.30 bits per heavy atom. The van der Waals surface area contributed by atoms with Crippen LogP contribution in [0.2, 0.25) is 0 Å². The van der Waals surface area contributed by atoms with E-state index < -0.39 is 17.4 Å². The number of carbonyl (C=O) groups excluding carboxylic acids is 2. The van der Waals surface area contributed by atoms with Gasteiger partial charge in [-0.1, -0.05) is 0 Å². The Balaban J connectivity index is 1.88. The number of benzene rings is 1. The number of pyridine rings is 1. The summed E-state index contributed by atoms with van der Waals surface area (Å²) in [5, 5.41) is 2.75. The molecule has 0 saturated carbocycles. The lowest BCUT2D eigenvalue weighted by atomic mass is 9.99. The topological polar surface area (TPSA) is 80.8 Å². The first kappa shape index (κ1) is 18.7. The summed E-state index contributed by atoms with van der Waals surface area (Å²) in [6, 6.07) is 10.2. The molecular weight excluding hydrogens is 346 g/mol. The monoisotopic (exact) mass is 369 g/mol. The minimum absolute atomic E-state index is 0.173. The minimum Gasteiger partial charge on any atom is -0.494 e. The Bertz CT molecular complexity index is 851. The van der Waals surface area contributed by atoms with Gasteiger partial charge in [0.25, 0.3) is 17.4 Å². The molecule has 27 heavy (non-hydrogen) atoms. The molecule has 0 radical (unpaired) electrons. The third-order valence-electron chi connectivity index (χ3n) is 4.29. The summed E-state index contributed by atoms with van der Waals surface area (Å²) >= 11 is 0. The predicted octanol–water partition coefficient (Wildman–Crippen LogP) is 3.01. The fourth-order valence-electron chi connectivity index (χ4n) is 2.91. The largest absolute Gasteiger partial charge is 0.494 e. The highest BCUT2D eigenvalue weighted by molar-refractivity contribution is 6.19. The van der Waals surface area contributed by atoms with Crippen molar-refractivity contribution in [2.24, 2.45) is 0 Å². The minimum atomic E-state index is -1.70. The van der Waals surface area contributed by atoms with Gasteiger partial charge in [0.15, 0.2) is 11.6 Å². The van der Waals surface area contributed by atoms with E-state index in [0.29, 0.717) is 29.6 Å². The predicted molar refractivity (Wildman–Crippen MR) is 102 cm³/mol. The van der Waals surface area contributed by atoms with Crippen molar-refractivity contribution in [3.63, 3.8) is 0 Å². The van der Waals surface area contributed by atoms with E-state index >= 15 is 0 Å². The highest BCUT2D eigenvalue weighted by atomic mass is 16.5. The fraction of sp³-hybridized carbons (Fsp3) is 0.350. The molecule has 0 spiro atoms. The normalized spacial score (nSPS) is 18.7. The average molecular weight is 369 g/mol. The lowest BCUT2D eigenvalue weighted by Crippen LogP contribution is -2.62. The number of aromatic nitrogens is 1. The van der Waals surface area contributed by atoms with Gasteiger partial charge in [0.05, 0.1) is 6.61 Å².